The van der Waals surface area contributed by atoms with Crippen LogP contribution in [0.1, 0.15) is 15.9 Å². The van der Waals surface area contributed by atoms with Crippen molar-refractivity contribution in [3.05, 3.63) is 29.3 Å². The summed E-state index contributed by atoms with van der Waals surface area (Å²) in [6, 6.07) is 4.88. The molecular weight excluding hydrogens is 279 g/mol. The van der Waals surface area contributed by atoms with Gasteiger partial charge in [0.1, 0.15) is 0 Å². The summed E-state index contributed by atoms with van der Waals surface area (Å²) in [5.41, 5.74) is -2.85. The van der Waals surface area contributed by atoms with Gasteiger partial charge in [0, 0.05) is 12.3 Å². The van der Waals surface area contributed by atoms with E-state index >= 15 is 0 Å². The van der Waals surface area contributed by atoms with Crippen LogP contribution in [0.3, 0.4) is 0 Å². The Balaban J connectivity index is 2.15. The van der Waals surface area contributed by atoms with E-state index in [2.05, 4.69) is 0 Å². The van der Waals surface area contributed by atoms with Gasteiger partial charge in [-0.05, 0) is 30.8 Å². The van der Waals surface area contributed by atoms with Crippen LogP contribution in [-0.4, -0.2) is 29.5 Å². The molecule has 2 rings (SSSR count). The van der Waals surface area contributed by atoms with Gasteiger partial charge in [0.25, 0.3) is 11.7 Å². The average Bonchev–Trinajstić information content (AvgIpc) is 2.53. The number of nitrogens with zero attached hydrogens (tertiary/aromatic N) is 1. The van der Waals surface area contributed by atoms with Crippen molar-refractivity contribution >= 4 is 29.1 Å². The quantitative estimate of drug-likeness (QED) is 0.803. The Hall–Kier alpha value is -1.50. The number of fused-ring (bicyclic) bond motifs is 1. The predicted molar refractivity (Wildman–Crippen MR) is 66.4 cm³/mol. The number of carbonyl (C=O) groups is 2. The number of rotatable bonds is 3. The maximum Gasteiger partial charge on any atom is 0.441 e. The van der Waals surface area contributed by atoms with E-state index in [9.17, 15) is 22.8 Å². The smallest absolute Gasteiger partial charge is 0.304 e. The number of carbonyl (C=O) groups excluding carboxylic acids is 2. The molecule has 0 saturated carbocycles. The fourth-order valence-electron chi connectivity index (χ4n) is 1.89. The van der Waals surface area contributed by atoms with Gasteiger partial charge < -0.3 is 4.90 Å². The van der Waals surface area contributed by atoms with Gasteiger partial charge in [0.05, 0.1) is 11.3 Å². The maximum atomic E-state index is 12.0. The second-order valence-corrected chi connectivity index (χ2v) is 5.26. The zero-order valence-corrected chi connectivity index (χ0v) is 10.8. The van der Waals surface area contributed by atoms with Gasteiger partial charge >= 0.3 is 5.51 Å². The number of thioether (sulfide) groups is 1. The fourth-order valence-corrected chi connectivity index (χ4v) is 2.39. The highest BCUT2D eigenvalue weighted by Crippen LogP contribution is 2.33. The number of aryl methyl sites for hydroxylation is 1. The number of halogens is 3. The molecule has 0 saturated heterocycles. The van der Waals surface area contributed by atoms with Crippen molar-refractivity contribution < 1.29 is 22.8 Å². The molecule has 0 unspecified atom stereocenters. The van der Waals surface area contributed by atoms with Crippen LogP contribution in [0, 0.1) is 6.92 Å². The van der Waals surface area contributed by atoms with Crippen LogP contribution in [0.5, 0.6) is 0 Å². The van der Waals surface area contributed by atoms with Crippen molar-refractivity contribution in [1.29, 1.82) is 0 Å². The van der Waals surface area contributed by atoms with Gasteiger partial charge in [-0.1, -0.05) is 11.6 Å². The van der Waals surface area contributed by atoms with Gasteiger partial charge in [-0.2, -0.15) is 13.2 Å². The maximum absolute atomic E-state index is 12.0. The molecule has 0 aromatic heterocycles. The van der Waals surface area contributed by atoms with E-state index in [1.54, 1.807) is 25.1 Å². The molecule has 1 amide bonds. The summed E-state index contributed by atoms with van der Waals surface area (Å²) in [5, 5.41) is 0. The lowest BCUT2D eigenvalue weighted by Crippen LogP contribution is -2.32. The van der Waals surface area contributed by atoms with Gasteiger partial charge in [-0.25, -0.2) is 0 Å². The number of hydrogen-bond donors (Lipinski definition) is 0. The predicted octanol–water partition coefficient (Wildman–Crippen LogP) is 2.78. The van der Waals surface area contributed by atoms with Crippen LogP contribution in [-0.2, 0) is 4.79 Å². The first kappa shape index (κ1) is 13.9. The van der Waals surface area contributed by atoms with E-state index in [-0.39, 0.29) is 29.6 Å². The lowest BCUT2D eigenvalue weighted by atomic mass is 10.1. The van der Waals surface area contributed by atoms with Gasteiger partial charge in [-0.15, -0.1) is 0 Å². The largest absolute Gasteiger partial charge is 0.441 e. The standard InChI is InChI=1S/C12H10F3NO2S/c1-7-2-3-9-8(6-7)10(17)11(18)16(9)4-5-19-12(13,14)15/h2-3,6H,4-5H2,1H3. The van der Waals surface area contributed by atoms with Crippen LogP contribution in [0.25, 0.3) is 0 Å². The van der Waals surface area contributed by atoms with Crippen LogP contribution < -0.4 is 4.90 Å². The molecule has 1 aromatic carbocycles. The molecule has 1 aliphatic rings. The Bertz CT molecular complexity index is 542. The van der Waals surface area contributed by atoms with E-state index in [1.165, 1.54) is 0 Å². The number of hydrogen-bond acceptors (Lipinski definition) is 3. The molecule has 0 N–H and O–H groups in total. The average molecular weight is 289 g/mol. The molecule has 1 aliphatic heterocycles. The fraction of sp³-hybridized carbons (Fsp3) is 0.333. The van der Waals surface area contributed by atoms with Crippen molar-refractivity contribution in [3.8, 4) is 0 Å². The zero-order valence-electron chi connectivity index (χ0n) is 9.95. The Morgan fingerprint density at radius 3 is 2.58 bits per heavy atom. The number of alkyl halides is 3. The molecule has 0 radical (unpaired) electrons. The van der Waals surface area contributed by atoms with E-state index < -0.39 is 17.2 Å². The van der Waals surface area contributed by atoms with Crippen molar-refractivity contribution in [1.82, 2.24) is 0 Å². The number of benzene rings is 1. The summed E-state index contributed by atoms with van der Waals surface area (Å²) in [4.78, 5) is 24.5. The van der Waals surface area contributed by atoms with E-state index in [0.717, 1.165) is 10.5 Å². The number of Topliss-reactive ketones (excluding diaryl/α,β-unsaturated/α-hetero) is 1. The summed E-state index contributed by atoms with van der Waals surface area (Å²) in [6.07, 6.45) is 0. The normalized spacial score (nSPS) is 15.1. The first-order valence-electron chi connectivity index (χ1n) is 5.47. The van der Waals surface area contributed by atoms with E-state index in [1.807, 2.05) is 0 Å². The second-order valence-electron chi connectivity index (χ2n) is 4.10. The van der Waals surface area contributed by atoms with Crippen LogP contribution in [0.4, 0.5) is 18.9 Å². The molecule has 3 nitrogen and oxygen atoms in total. The van der Waals surface area contributed by atoms with E-state index in [4.69, 9.17) is 0 Å². The van der Waals surface area contributed by atoms with Crippen molar-refractivity contribution in [2.24, 2.45) is 0 Å². The molecule has 7 heteroatoms. The number of amides is 1. The Kier molecular flexibility index (Phi) is 3.58. The lowest BCUT2D eigenvalue weighted by molar-refractivity contribution is -0.114. The highest BCUT2D eigenvalue weighted by molar-refractivity contribution is 8.00. The summed E-state index contributed by atoms with van der Waals surface area (Å²) >= 11 is -0.204. The highest BCUT2D eigenvalue weighted by atomic mass is 32.2. The third-order valence-corrected chi connectivity index (χ3v) is 3.42. The second kappa shape index (κ2) is 4.88. The first-order valence-corrected chi connectivity index (χ1v) is 6.46. The Morgan fingerprint density at radius 1 is 1.26 bits per heavy atom. The minimum absolute atomic E-state index is 0.134. The van der Waals surface area contributed by atoms with Crippen LogP contribution >= 0.6 is 11.8 Å². The molecule has 1 aromatic rings. The zero-order chi connectivity index (χ0) is 14.2. The minimum atomic E-state index is -4.33. The Morgan fingerprint density at radius 2 is 1.95 bits per heavy atom. The summed E-state index contributed by atoms with van der Waals surface area (Å²) in [7, 11) is 0. The van der Waals surface area contributed by atoms with Gasteiger partial charge in [0.15, 0.2) is 0 Å². The van der Waals surface area contributed by atoms with Crippen molar-refractivity contribution in [3.63, 3.8) is 0 Å². The molecule has 0 spiro atoms. The van der Waals surface area contributed by atoms with Crippen LogP contribution in [0.15, 0.2) is 18.2 Å². The van der Waals surface area contributed by atoms with E-state index in [0.29, 0.717) is 5.69 Å². The molecule has 0 bridgehead atoms. The van der Waals surface area contributed by atoms with Gasteiger partial charge in [-0.3, -0.25) is 9.59 Å². The molecule has 0 fully saturated rings. The number of anilines is 1. The molecular formula is C12H10F3NO2S. The molecule has 102 valence electrons. The Labute approximate surface area is 111 Å². The number of ketones is 1. The molecule has 1 heterocycles. The van der Waals surface area contributed by atoms with Crippen molar-refractivity contribution in [2.45, 2.75) is 12.4 Å². The van der Waals surface area contributed by atoms with Crippen LogP contribution in [0.2, 0.25) is 0 Å². The lowest BCUT2D eigenvalue weighted by Gasteiger charge is -2.16. The summed E-state index contributed by atoms with van der Waals surface area (Å²) < 4.78 is 36.1. The molecule has 0 aliphatic carbocycles. The minimum Gasteiger partial charge on any atom is -0.304 e. The SMILES string of the molecule is Cc1ccc2c(c1)C(=O)C(=O)N2CCSC(F)(F)F. The highest BCUT2D eigenvalue weighted by Gasteiger charge is 2.36. The topological polar surface area (TPSA) is 37.4 Å². The third kappa shape index (κ3) is 2.91. The summed E-state index contributed by atoms with van der Waals surface area (Å²) in [5.74, 6) is -1.71. The monoisotopic (exact) mass is 289 g/mol. The molecule has 19 heavy (non-hydrogen) atoms. The van der Waals surface area contributed by atoms with Crippen molar-refractivity contribution in [2.75, 3.05) is 17.2 Å². The third-order valence-electron chi connectivity index (χ3n) is 2.71. The summed E-state index contributed by atoms with van der Waals surface area (Å²) in [6.45, 7) is 1.64. The molecule has 0 atom stereocenters. The first-order chi connectivity index (χ1) is 8.79. The van der Waals surface area contributed by atoms with Gasteiger partial charge in [0.2, 0.25) is 0 Å².